The van der Waals surface area contributed by atoms with Gasteiger partial charge in [-0.2, -0.15) is 0 Å². The smallest absolute Gasteiger partial charge is 0.260 e. The van der Waals surface area contributed by atoms with Gasteiger partial charge in [-0.15, -0.1) is 12.4 Å². The molecule has 0 N–H and O–H groups in total. The summed E-state index contributed by atoms with van der Waals surface area (Å²) in [7, 11) is 0. The Labute approximate surface area is 175 Å². The van der Waals surface area contributed by atoms with Crippen LogP contribution < -0.4 is 4.90 Å². The normalized spacial score (nSPS) is 10.8. The highest BCUT2D eigenvalue weighted by Gasteiger charge is 2.21. The predicted octanol–water partition coefficient (Wildman–Crippen LogP) is 5.36. The molecule has 0 saturated carbocycles. The molecule has 0 aliphatic rings. The van der Waals surface area contributed by atoms with Crippen LogP contribution in [-0.4, -0.2) is 42.0 Å². The number of benzene rings is 2. The van der Waals surface area contributed by atoms with Gasteiger partial charge >= 0.3 is 0 Å². The first-order valence-corrected chi connectivity index (χ1v) is 9.97. The Morgan fingerprint density at radius 2 is 1.70 bits per heavy atom. The van der Waals surface area contributed by atoms with Crippen molar-refractivity contribution in [1.29, 1.82) is 0 Å². The lowest BCUT2D eigenvalue weighted by Crippen LogP contribution is -2.38. The number of thiazole rings is 1. The van der Waals surface area contributed by atoms with E-state index in [9.17, 15) is 4.79 Å². The molecule has 1 aromatic heterocycles. The van der Waals surface area contributed by atoms with Crippen molar-refractivity contribution in [3.63, 3.8) is 0 Å². The van der Waals surface area contributed by atoms with Crippen LogP contribution in [0.25, 0.3) is 10.2 Å². The van der Waals surface area contributed by atoms with Crippen LogP contribution in [0.15, 0.2) is 48.5 Å². The summed E-state index contributed by atoms with van der Waals surface area (Å²) in [6.07, 6.45) is 0. The monoisotopic (exact) mass is 423 g/mol. The minimum Gasteiger partial charge on any atom is -0.302 e. The molecule has 0 unspecified atom stereocenters. The second-order valence-corrected chi connectivity index (χ2v) is 7.40. The zero-order chi connectivity index (χ0) is 18.5. The van der Waals surface area contributed by atoms with Gasteiger partial charge in [0.2, 0.25) is 0 Å². The quantitative estimate of drug-likeness (QED) is 0.512. The van der Waals surface area contributed by atoms with Gasteiger partial charge in [0, 0.05) is 23.7 Å². The molecule has 0 bridgehead atoms. The molecule has 27 heavy (non-hydrogen) atoms. The first-order valence-electron chi connectivity index (χ1n) is 8.77. The van der Waals surface area contributed by atoms with E-state index in [1.165, 1.54) is 0 Å². The molecule has 0 saturated heterocycles. The van der Waals surface area contributed by atoms with Crippen LogP contribution in [0.3, 0.4) is 0 Å². The number of fused-ring (bicyclic) bond motifs is 1. The minimum absolute atomic E-state index is 0. The molecule has 7 heteroatoms. The van der Waals surface area contributed by atoms with Gasteiger partial charge in [0.1, 0.15) is 0 Å². The summed E-state index contributed by atoms with van der Waals surface area (Å²) in [6.45, 7) is 7.59. The Morgan fingerprint density at radius 3 is 2.33 bits per heavy atom. The fourth-order valence-corrected chi connectivity index (χ4v) is 3.91. The average molecular weight is 424 g/mol. The molecule has 3 rings (SSSR count). The minimum atomic E-state index is -0.0483. The fraction of sp³-hybridized carbons (Fsp3) is 0.300. The van der Waals surface area contributed by atoms with Gasteiger partial charge in [0.25, 0.3) is 5.91 Å². The SMILES string of the molecule is CCN(CC)CCN(C(=O)c1ccc(Cl)cc1)c1nc2ccccc2s1.Cl. The molecule has 0 atom stereocenters. The topological polar surface area (TPSA) is 36.4 Å². The van der Waals surface area contributed by atoms with Crippen molar-refractivity contribution in [3.05, 3.63) is 59.1 Å². The van der Waals surface area contributed by atoms with Crippen molar-refractivity contribution < 1.29 is 4.79 Å². The van der Waals surface area contributed by atoms with E-state index in [1.807, 2.05) is 24.3 Å². The summed E-state index contributed by atoms with van der Waals surface area (Å²) < 4.78 is 1.08. The van der Waals surface area contributed by atoms with Gasteiger partial charge in [-0.1, -0.05) is 48.9 Å². The van der Waals surface area contributed by atoms with Crippen LogP contribution in [-0.2, 0) is 0 Å². The number of likely N-dealkylation sites (N-methyl/N-ethyl adjacent to an activating group) is 1. The van der Waals surface area contributed by atoms with Gasteiger partial charge in [0.05, 0.1) is 10.2 Å². The molecule has 3 aromatic rings. The lowest BCUT2D eigenvalue weighted by atomic mass is 10.2. The Bertz CT molecular complexity index is 845. The van der Waals surface area contributed by atoms with Gasteiger partial charge in [-0.05, 0) is 49.5 Å². The third kappa shape index (κ3) is 5.20. The number of halogens is 2. The van der Waals surface area contributed by atoms with E-state index in [0.717, 1.165) is 35.0 Å². The van der Waals surface area contributed by atoms with Crippen molar-refractivity contribution in [2.45, 2.75) is 13.8 Å². The molecule has 0 radical (unpaired) electrons. The van der Waals surface area contributed by atoms with E-state index < -0.39 is 0 Å². The van der Waals surface area contributed by atoms with Crippen LogP contribution >= 0.6 is 35.3 Å². The molecule has 0 aliphatic heterocycles. The van der Waals surface area contributed by atoms with E-state index in [2.05, 4.69) is 23.7 Å². The largest absolute Gasteiger partial charge is 0.302 e. The summed E-state index contributed by atoms with van der Waals surface area (Å²) in [6, 6.07) is 15.0. The molecule has 2 aromatic carbocycles. The number of hydrogen-bond donors (Lipinski definition) is 0. The molecule has 4 nitrogen and oxygen atoms in total. The summed E-state index contributed by atoms with van der Waals surface area (Å²) in [5, 5.41) is 1.36. The first-order chi connectivity index (χ1) is 12.6. The van der Waals surface area contributed by atoms with E-state index in [4.69, 9.17) is 11.6 Å². The Balaban J connectivity index is 0.00000261. The Hall–Kier alpha value is -1.66. The lowest BCUT2D eigenvalue weighted by Gasteiger charge is -2.24. The van der Waals surface area contributed by atoms with Crippen molar-refractivity contribution in [1.82, 2.24) is 9.88 Å². The predicted molar refractivity (Wildman–Crippen MR) is 118 cm³/mol. The maximum Gasteiger partial charge on any atom is 0.260 e. The second-order valence-electron chi connectivity index (χ2n) is 5.95. The third-order valence-electron chi connectivity index (χ3n) is 4.38. The number of aromatic nitrogens is 1. The highest BCUT2D eigenvalue weighted by Crippen LogP contribution is 2.29. The number of carbonyl (C=O) groups is 1. The van der Waals surface area contributed by atoms with Crippen LogP contribution in [0.5, 0.6) is 0 Å². The van der Waals surface area contributed by atoms with E-state index >= 15 is 0 Å². The molecular weight excluding hydrogens is 401 g/mol. The zero-order valence-electron chi connectivity index (χ0n) is 15.4. The number of carbonyl (C=O) groups excluding carboxylic acids is 1. The zero-order valence-corrected chi connectivity index (χ0v) is 17.8. The number of anilines is 1. The van der Waals surface area contributed by atoms with Crippen LogP contribution in [0, 0.1) is 0 Å². The van der Waals surface area contributed by atoms with Crippen molar-refractivity contribution in [2.24, 2.45) is 0 Å². The van der Waals surface area contributed by atoms with Crippen molar-refractivity contribution in [2.75, 3.05) is 31.1 Å². The molecule has 0 spiro atoms. The maximum atomic E-state index is 13.2. The Kier molecular flexibility index (Phi) is 8.05. The van der Waals surface area contributed by atoms with Crippen LogP contribution in [0.2, 0.25) is 5.02 Å². The first kappa shape index (κ1) is 21.6. The van der Waals surface area contributed by atoms with Crippen LogP contribution in [0.1, 0.15) is 24.2 Å². The van der Waals surface area contributed by atoms with Crippen molar-refractivity contribution in [3.8, 4) is 0 Å². The van der Waals surface area contributed by atoms with E-state index in [1.54, 1.807) is 40.5 Å². The third-order valence-corrected chi connectivity index (χ3v) is 5.70. The number of amides is 1. The summed E-state index contributed by atoms with van der Waals surface area (Å²) in [5.74, 6) is -0.0483. The Morgan fingerprint density at radius 1 is 1.04 bits per heavy atom. The van der Waals surface area contributed by atoms with Crippen molar-refractivity contribution >= 4 is 56.6 Å². The number of hydrogen-bond acceptors (Lipinski definition) is 4. The lowest BCUT2D eigenvalue weighted by molar-refractivity contribution is 0.0984. The highest BCUT2D eigenvalue weighted by atomic mass is 35.5. The molecule has 144 valence electrons. The fourth-order valence-electron chi connectivity index (χ4n) is 2.79. The highest BCUT2D eigenvalue weighted by molar-refractivity contribution is 7.22. The second kappa shape index (κ2) is 10.0. The van der Waals surface area contributed by atoms with Crippen LogP contribution in [0.4, 0.5) is 5.13 Å². The number of nitrogens with zero attached hydrogens (tertiary/aromatic N) is 3. The molecule has 1 heterocycles. The molecule has 0 fully saturated rings. The van der Waals surface area contributed by atoms with E-state index in [-0.39, 0.29) is 18.3 Å². The number of rotatable bonds is 7. The average Bonchev–Trinajstić information content (AvgIpc) is 3.09. The standard InChI is InChI=1S/C20H22ClN3OS.ClH/c1-3-23(4-2)13-14-24(19(25)15-9-11-16(21)12-10-15)20-22-17-7-5-6-8-18(17)26-20;/h5-12H,3-4,13-14H2,1-2H3;1H. The van der Waals surface area contributed by atoms with Gasteiger partial charge in [0.15, 0.2) is 5.13 Å². The molecule has 0 aliphatic carbocycles. The maximum absolute atomic E-state index is 13.2. The van der Waals surface area contributed by atoms with Gasteiger partial charge < -0.3 is 4.90 Å². The van der Waals surface area contributed by atoms with E-state index in [0.29, 0.717) is 17.1 Å². The van der Waals surface area contributed by atoms with Gasteiger partial charge in [-0.25, -0.2) is 4.98 Å². The number of para-hydroxylation sites is 1. The summed E-state index contributed by atoms with van der Waals surface area (Å²) in [4.78, 5) is 21.9. The summed E-state index contributed by atoms with van der Waals surface area (Å²) in [5.41, 5.74) is 1.54. The molecule has 1 amide bonds. The van der Waals surface area contributed by atoms with Gasteiger partial charge in [-0.3, -0.25) is 9.69 Å². The molecular formula is C20H23Cl2N3OS. The summed E-state index contributed by atoms with van der Waals surface area (Å²) >= 11 is 7.51.